The number of nitrogens with zero attached hydrogens (tertiary/aromatic N) is 1. The van der Waals surface area contributed by atoms with Crippen LogP contribution in [0.25, 0.3) is 0 Å². The van der Waals surface area contributed by atoms with Gasteiger partial charge in [0.2, 0.25) is 5.91 Å². The Hall–Kier alpha value is -1.36. The topological polar surface area (TPSA) is 77.8 Å². The number of aliphatic hydroxyl groups is 1. The van der Waals surface area contributed by atoms with E-state index >= 15 is 0 Å². The number of carboxylic acid groups (broad SMARTS) is 1. The van der Waals surface area contributed by atoms with E-state index in [9.17, 15) is 14.7 Å². The lowest BCUT2D eigenvalue weighted by Crippen LogP contribution is -2.38. The second-order valence-electron chi connectivity index (χ2n) is 5.50. The summed E-state index contributed by atoms with van der Waals surface area (Å²) in [6.07, 6.45) is 5.81. The third kappa shape index (κ3) is 6.19. The minimum Gasteiger partial charge on any atom is -0.481 e. The molecule has 0 spiro atoms. The van der Waals surface area contributed by atoms with E-state index in [1.165, 1.54) is 6.08 Å². The van der Waals surface area contributed by atoms with Gasteiger partial charge in [-0.25, -0.2) is 0 Å². The van der Waals surface area contributed by atoms with Crippen molar-refractivity contribution in [2.75, 3.05) is 13.1 Å². The number of hydrogen-bond acceptors (Lipinski definition) is 3. The Morgan fingerprint density at radius 2 is 1.95 bits per heavy atom. The Balaban J connectivity index is 2.14. The molecule has 1 saturated heterocycles. The standard InChI is InChI=1S/C15H25NO4/c1-2-14(18)16-9-7-12(8-10-16)11-13(17)5-3-4-6-15(19)20/h2,12-13,17H,1,3-11H2,(H,19,20). The van der Waals surface area contributed by atoms with Crippen molar-refractivity contribution >= 4 is 11.9 Å². The summed E-state index contributed by atoms with van der Waals surface area (Å²) >= 11 is 0. The zero-order chi connectivity index (χ0) is 15.0. The molecule has 1 rings (SSSR count). The molecular formula is C15H25NO4. The van der Waals surface area contributed by atoms with Crippen molar-refractivity contribution in [2.24, 2.45) is 5.92 Å². The number of amides is 1. The van der Waals surface area contributed by atoms with Crippen molar-refractivity contribution < 1.29 is 19.8 Å². The summed E-state index contributed by atoms with van der Waals surface area (Å²) in [4.78, 5) is 23.6. The minimum atomic E-state index is -0.779. The number of aliphatic carboxylic acids is 1. The van der Waals surface area contributed by atoms with Crippen LogP contribution in [0.3, 0.4) is 0 Å². The average Bonchev–Trinajstić information content (AvgIpc) is 2.43. The van der Waals surface area contributed by atoms with Crippen LogP contribution in [0.2, 0.25) is 0 Å². The Morgan fingerprint density at radius 3 is 2.50 bits per heavy atom. The maximum Gasteiger partial charge on any atom is 0.303 e. The van der Waals surface area contributed by atoms with Gasteiger partial charge in [-0.15, -0.1) is 0 Å². The van der Waals surface area contributed by atoms with Gasteiger partial charge in [0.25, 0.3) is 0 Å². The fourth-order valence-corrected chi connectivity index (χ4v) is 2.68. The van der Waals surface area contributed by atoms with Gasteiger partial charge in [-0.3, -0.25) is 9.59 Å². The molecule has 2 N–H and O–H groups in total. The van der Waals surface area contributed by atoms with Crippen molar-refractivity contribution in [3.63, 3.8) is 0 Å². The van der Waals surface area contributed by atoms with Crippen LogP contribution >= 0.6 is 0 Å². The van der Waals surface area contributed by atoms with E-state index in [0.717, 1.165) is 38.8 Å². The quantitative estimate of drug-likeness (QED) is 0.526. The van der Waals surface area contributed by atoms with E-state index in [0.29, 0.717) is 18.8 Å². The van der Waals surface area contributed by atoms with E-state index in [1.807, 2.05) is 0 Å². The summed E-state index contributed by atoms with van der Waals surface area (Å²) in [7, 11) is 0. The smallest absolute Gasteiger partial charge is 0.303 e. The SMILES string of the molecule is C=CC(=O)N1CCC(CC(O)CCCCC(=O)O)CC1. The van der Waals surface area contributed by atoms with Crippen LogP contribution in [-0.2, 0) is 9.59 Å². The summed E-state index contributed by atoms with van der Waals surface area (Å²) in [6.45, 7) is 4.96. The first kappa shape index (κ1) is 16.7. The summed E-state index contributed by atoms with van der Waals surface area (Å²) in [5, 5.41) is 18.5. The first-order valence-corrected chi connectivity index (χ1v) is 7.34. The van der Waals surface area contributed by atoms with E-state index in [1.54, 1.807) is 4.90 Å². The summed E-state index contributed by atoms with van der Waals surface area (Å²) in [5.74, 6) is -0.338. The second-order valence-corrected chi connectivity index (χ2v) is 5.50. The molecule has 1 amide bonds. The summed E-state index contributed by atoms with van der Waals surface area (Å²) in [6, 6.07) is 0. The fourth-order valence-electron chi connectivity index (χ4n) is 2.68. The Bertz CT molecular complexity index is 335. The van der Waals surface area contributed by atoms with Crippen molar-refractivity contribution in [2.45, 2.75) is 51.0 Å². The largest absolute Gasteiger partial charge is 0.481 e. The maximum atomic E-state index is 11.4. The summed E-state index contributed by atoms with van der Waals surface area (Å²) < 4.78 is 0. The molecule has 0 bridgehead atoms. The molecular weight excluding hydrogens is 258 g/mol. The lowest BCUT2D eigenvalue weighted by molar-refractivity contribution is -0.137. The molecule has 1 atom stereocenters. The molecule has 0 saturated carbocycles. The van der Waals surface area contributed by atoms with E-state index in [2.05, 4.69) is 6.58 Å². The molecule has 1 aliphatic rings. The highest BCUT2D eigenvalue weighted by molar-refractivity contribution is 5.87. The Morgan fingerprint density at radius 1 is 1.30 bits per heavy atom. The first-order valence-electron chi connectivity index (χ1n) is 7.34. The molecule has 0 aromatic carbocycles. The van der Waals surface area contributed by atoms with Gasteiger partial charge in [0.05, 0.1) is 6.10 Å². The van der Waals surface area contributed by atoms with Gasteiger partial charge in [0.1, 0.15) is 0 Å². The predicted octanol–water partition coefficient (Wildman–Crippen LogP) is 1.81. The van der Waals surface area contributed by atoms with Gasteiger partial charge in [-0.2, -0.15) is 0 Å². The van der Waals surface area contributed by atoms with E-state index < -0.39 is 5.97 Å². The zero-order valence-electron chi connectivity index (χ0n) is 12.0. The highest BCUT2D eigenvalue weighted by Gasteiger charge is 2.23. The van der Waals surface area contributed by atoms with Crippen LogP contribution in [0.5, 0.6) is 0 Å². The molecule has 114 valence electrons. The molecule has 1 fully saturated rings. The van der Waals surface area contributed by atoms with Gasteiger partial charge in [-0.1, -0.05) is 13.0 Å². The average molecular weight is 283 g/mol. The van der Waals surface area contributed by atoms with Gasteiger partial charge >= 0.3 is 5.97 Å². The van der Waals surface area contributed by atoms with Crippen LogP contribution in [0, 0.1) is 5.92 Å². The molecule has 5 heteroatoms. The van der Waals surface area contributed by atoms with Crippen LogP contribution in [0.1, 0.15) is 44.9 Å². The number of unbranched alkanes of at least 4 members (excludes halogenated alkanes) is 1. The van der Waals surface area contributed by atoms with Gasteiger partial charge in [0, 0.05) is 19.5 Å². The molecule has 0 radical (unpaired) electrons. The number of carbonyl (C=O) groups excluding carboxylic acids is 1. The lowest BCUT2D eigenvalue weighted by Gasteiger charge is -2.32. The van der Waals surface area contributed by atoms with Crippen molar-refractivity contribution in [1.82, 2.24) is 4.90 Å². The molecule has 1 heterocycles. The number of hydrogen-bond donors (Lipinski definition) is 2. The number of carbonyl (C=O) groups is 2. The third-order valence-corrected chi connectivity index (χ3v) is 3.88. The van der Waals surface area contributed by atoms with Crippen LogP contribution < -0.4 is 0 Å². The maximum absolute atomic E-state index is 11.4. The van der Waals surface area contributed by atoms with Crippen molar-refractivity contribution in [1.29, 1.82) is 0 Å². The van der Waals surface area contributed by atoms with Crippen molar-refractivity contribution in [3.05, 3.63) is 12.7 Å². The predicted molar refractivity (Wildman–Crippen MR) is 76.2 cm³/mol. The molecule has 20 heavy (non-hydrogen) atoms. The van der Waals surface area contributed by atoms with E-state index in [4.69, 9.17) is 5.11 Å². The van der Waals surface area contributed by atoms with E-state index in [-0.39, 0.29) is 18.4 Å². The summed E-state index contributed by atoms with van der Waals surface area (Å²) in [5.41, 5.74) is 0. The monoisotopic (exact) mass is 283 g/mol. The zero-order valence-corrected chi connectivity index (χ0v) is 12.0. The number of piperidine rings is 1. The minimum absolute atomic E-state index is 0.0160. The Kier molecular flexibility index (Phi) is 7.30. The molecule has 1 unspecified atom stereocenters. The second kappa shape index (κ2) is 8.74. The number of likely N-dealkylation sites (tertiary alicyclic amines) is 1. The number of carboxylic acids is 1. The highest BCUT2D eigenvalue weighted by Crippen LogP contribution is 2.23. The van der Waals surface area contributed by atoms with Crippen molar-refractivity contribution in [3.8, 4) is 0 Å². The van der Waals surface area contributed by atoms with Crippen LogP contribution in [0.15, 0.2) is 12.7 Å². The van der Waals surface area contributed by atoms with Gasteiger partial charge in [0.15, 0.2) is 0 Å². The number of aliphatic hydroxyl groups excluding tert-OH is 1. The number of rotatable bonds is 8. The molecule has 0 aromatic rings. The van der Waals surface area contributed by atoms with Crippen LogP contribution in [0.4, 0.5) is 0 Å². The Labute approximate surface area is 120 Å². The highest BCUT2D eigenvalue weighted by atomic mass is 16.4. The third-order valence-electron chi connectivity index (χ3n) is 3.88. The van der Waals surface area contributed by atoms with Crippen LogP contribution in [-0.4, -0.2) is 46.2 Å². The normalized spacial score (nSPS) is 17.8. The lowest BCUT2D eigenvalue weighted by atomic mass is 9.89. The fraction of sp³-hybridized carbons (Fsp3) is 0.733. The van der Waals surface area contributed by atoms with Gasteiger partial charge in [-0.05, 0) is 44.1 Å². The molecule has 0 aliphatic carbocycles. The first-order chi connectivity index (χ1) is 9.52. The van der Waals surface area contributed by atoms with Gasteiger partial charge < -0.3 is 15.1 Å². The molecule has 5 nitrogen and oxygen atoms in total. The molecule has 1 aliphatic heterocycles. The molecule has 0 aromatic heterocycles.